The van der Waals surface area contributed by atoms with Gasteiger partial charge in [-0.2, -0.15) is 0 Å². The van der Waals surface area contributed by atoms with Crippen molar-refractivity contribution in [3.8, 4) is 0 Å². The predicted molar refractivity (Wildman–Crippen MR) is 85.2 cm³/mol. The zero-order valence-electron chi connectivity index (χ0n) is 12.2. The van der Waals surface area contributed by atoms with Crippen LogP contribution >= 0.6 is 11.6 Å². The van der Waals surface area contributed by atoms with E-state index >= 15 is 0 Å². The molecule has 2 aromatic rings. The molecule has 1 aromatic heterocycles. The van der Waals surface area contributed by atoms with Crippen molar-refractivity contribution in [3.05, 3.63) is 41.3 Å². The Kier molecular flexibility index (Phi) is 4.45. The highest BCUT2D eigenvalue weighted by atomic mass is 35.5. The van der Waals surface area contributed by atoms with Crippen LogP contribution in [0.1, 0.15) is 25.3 Å². The smallest absolute Gasteiger partial charge is 0.138 e. The van der Waals surface area contributed by atoms with Gasteiger partial charge in [-0.25, -0.2) is 9.97 Å². The first-order valence-electron chi connectivity index (χ1n) is 6.54. The molecule has 1 N–H and O–H groups in total. The van der Waals surface area contributed by atoms with E-state index in [2.05, 4.69) is 46.2 Å². The average molecular weight is 291 g/mol. The van der Waals surface area contributed by atoms with Gasteiger partial charge >= 0.3 is 0 Å². The van der Waals surface area contributed by atoms with E-state index in [4.69, 9.17) is 11.6 Å². The van der Waals surface area contributed by atoms with E-state index in [-0.39, 0.29) is 5.92 Å². The van der Waals surface area contributed by atoms with Crippen molar-refractivity contribution in [2.45, 2.75) is 19.8 Å². The number of nitrogens with zero attached hydrogens (tertiary/aromatic N) is 3. The number of anilines is 3. The van der Waals surface area contributed by atoms with Crippen molar-refractivity contribution >= 4 is 28.8 Å². The summed E-state index contributed by atoms with van der Waals surface area (Å²) < 4.78 is 0. The maximum absolute atomic E-state index is 6.16. The van der Waals surface area contributed by atoms with Gasteiger partial charge in [-0.05, 0) is 30.2 Å². The Bertz CT molecular complexity index is 579. The number of halogens is 1. The number of aromatic nitrogens is 2. The Labute approximate surface area is 124 Å². The highest BCUT2D eigenvalue weighted by molar-refractivity contribution is 6.30. The summed E-state index contributed by atoms with van der Waals surface area (Å²) in [6.45, 7) is 4.15. The fourth-order valence-electron chi connectivity index (χ4n) is 1.96. The molecule has 2 rings (SSSR count). The molecule has 0 atom stereocenters. The molecule has 4 nitrogen and oxygen atoms in total. The summed E-state index contributed by atoms with van der Waals surface area (Å²) in [5.74, 6) is 1.02. The third-order valence-electron chi connectivity index (χ3n) is 3.06. The first-order valence-corrected chi connectivity index (χ1v) is 6.91. The van der Waals surface area contributed by atoms with E-state index in [1.54, 1.807) is 0 Å². The van der Waals surface area contributed by atoms with Crippen LogP contribution < -0.4 is 10.2 Å². The Morgan fingerprint density at radius 2 is 1.75 bits per heavy atom. The van der Waals surface area contributed by atoms with E-state index in [9.17, 15) is 0 Å². The summed E-state index contributed by atoms with van der Waals surface area (Å²) in [7, 11) is 4.03. The minimum absolute atomic E-state index is 0.257. The lowest BCUT2D eigenvalue weighted by atomic mass is 10.1. The number of benzene rings is 1. The lowest BCUT2D eigenvalue weighted by Crippen LogP contribution is -2.08. The van der Waals surface area contributed by atoms with Crippen LogP contribution in [0.2, 0.25) is 5.15 Å². The van der Waals surface area contributed by atoms with E-state index in [1.807, 2.05) is 26.2 Å². The van der Waals surface area contributed by atoms with E-state index in [1.165, 1.54) is 6.33 Å². The van der Waals surface area contributed by atoms with Crippen LogP contribution in [0.25, 0.3) is 0 Å². The van der Waals surface area contributed by atoms with Gasteiger partial charge in [-0.1, -0.05) is 25.4 Å². The summed E-state index contributed by atoms with van der Waals surface area (Å²) >= 11 is 6.16. The molecule has 0 fully saturated rings. The third-order valence-corrected chi connectivity index (χ3v) is 3.36. The molecule has 0 unspecified atom stereocenters. The molecule has 0 aliphatic heterocycles. The van der Waals surface area contributed by atoms with Gasteiger partial charge in [0.2, 0.25) is 0 Å². The molecular weight excluding hydrogens is 272 g/mol. The number of rotatable bonds is 4. The molecule has 0 saturated heterocycles. The van der Waals surface area contributed by atoms with Gasteiger partial charge in [-0.3, -0.25) is 0 Å². The summed E-state index contributed by atoms with van der Waals surface area (Å²) in [5.41, 5.74) is 3.07. The third kappa shape index (κ3) is 3.20. The lowest BCUT2D eigenvalue weighted by molar-refractivity contribution is 0.850. The molecule has 0 saturated carbocycles. The van der Waals surface area contributed by atoms with Gasteiger partial charge in [0, 0.05) is 31.0 Å². The van der Waals surface area contributed by atoms with Gasteiger partial charge in [0.25, 0.3) is 0 Å². The van der Waals surface area contributed by atoms with Gasteiger partial charge < -0.3 is 10.2 Å². The molecule has 0 spiro atoms. The molecular formula is C15H19ClN4. The monoisotopic (exact) mass is 290 g/mol. The maximum atomic E-state index is 6.16. The largest absolute Gasteiger partial charge is 0.378 e. The molecule has 20 heavy (non-hydrogen) atoms. The first kappa shape index (κ1) is 14.6. The molecule has 0 amide bonds. The van der Waals surface area contributed by atoms with Crippen LogP contribution in [-0.4, -0.2) is 24.1 Å². The fraction of sp³-hybridized carbons (Fsp3) is 0.333. The van der Waals surface area contributed by atoms with Crippen molar-refractivity contribution in [2.24, 2.45) is 0 Å². The average Bonchev–Trinajstić information content (AvgIpc) is 2.39. The number of hydrogen-bond acceptors (Lipinski definition) is 4. The molecule has 0 aliphatic rings. The standard InChI is InChI=1S/C15H19ClN4/c1-10(2)13-14(16)17-9-18-15(13)19-11-5-7-12(8-6-11)20(3)4/h5-10H,1-4H3,(H,17,18,19). The van der Waals surface area contributed by atoms with E-state index in [0.717, 1.165) is 22.8 Å². The Morgan fingerprint density at radius 3 is 2.30 bits per heavy atom. The minimum atomic E-state index is 0.257. The Morgan fingerprint density at radius 1 is 1.10 bits per heavy atom. The van der Waals surface area contributed by atoms with Crippen molar-refractivity contribution in [1.82, 2.24) is 9.97 Å². The van der Waals surface area contributed by atoms with Gasteiger partial charge in [0.05, 0.1) is 0 Å². The zero-order chi connectivity index (χ0) is 14.7. The molecule has 1 heterocycles. The Hall–Kier alpha value is -1.81. The Balaban J connectivity index is 2.28. The van der Waals surface area contributed by atoms with Crippen LogP contribution in [-0.2, 0) is 0 Å². The van der Waals surface area contributed by atoms with E-state index < -0.39 is 0 Å². The van der Waals surface area contributed by atoms with Crippen molar-refractivity contribution < 1.29 is 0 Å². The fourth-order valence-corrected chi connectivity index (χ4v) is 2.32. The number of nitrogens with one attached hydrogen (secondary N) is 1. The summed E-state index contributed by atoms with van der Waals surface area (Å²) in [5, 5.41) is 3.81. The van der Waals surface area contributed by atoms with Crippen molar-refractivity contribution in [1.29, 1.82) is 0 Å². The molecule has 1 aromatic carbocycles. The molecule has 0 bridgehead atoms. The van der Waals surface area contributed by atoms with Gasteiger partial charge in [-0.15, -0.1) is 0 Å². The summed E-state index contributed by atoms with van der Waals surface area (Å²) in [6, 6.07) is 8.16. The second kappa shape index (κ2) is 6.09. The van der Waals surface area contributed by atoms with Gasteiger partial charge in [0.1, 0.15) is 17.3 Å². The molecule has 0 aliphatic carbocycles. The molecule has 106 valence electrons. The van der Waals surface area contributed by atoms with Crippen LogP contribution in [0.3, 0.4) is 0 Å². The molecule has 5 heteroatoms. The second-order valence-electron chi connectivity index (χ2n) is 5.15. The normalized spacial score (nSPS) is 10.7. The lowest BCUT2D eigenvalue weighted by Gasteiger charge is -2.16. The number of hydrogen-bond donors (Lipinski definition) is 1. The quantitative estimate of drug-likeness (QED) is 0.862. The summed E-state index contributed by atoms with van der Waals surface area (Å²) in [6.07, 6.45) is 1.48. The highest BCUT2D eigenvalue weighted by Gasteiger charge is 2.13. The van der Waals surface area contributed by atoms with E-state index in [0.29, 0.717) is 5.15 Å². The highest BCUT2D eigenvalue weighted by Crippen LogP contribution is 2.30. The van der Waals surface area contributed by atoms with Crippen molar-refractivity contribution in [3.63, 3.8) is 0 Å². The van der Waals surface area contributed by atoms with Crippen LogP contribution in [0.5, 0.6) is 0 Å². The van der Waals surface area contributed by atoms with Crippen molar-refractivity contribution in [2.75, 3.05) is 24.3 Å². The molecule has 0 radical (unpaired) electrons. The summed E-state index contributed by atoms with van der Waals surface area (Å²) in [4.78, 5) is 10.4. The second-order valence-corrected chi connectivity index (χ2v) is 5.51. The first-order chi connectivity index (χ1) is 9.49. The van der Waals surface area contributed by atoms with Crippen LogP contribution in [0, 0.1) is 0 Å². The zero-order valence-corrected chi connectivity index (χ0v) is 12.9. The van der Waals surface area contributed by atoms with Crippen LogP contribution in [0.15, 0.2) is 30.6 Å². The minimum Gasteiger partial charge on any atom is -0.378 e. The topological polar surface area (TPSA) is 41.1 Å². The van der Waals surface area contributed by atoms with Crippen LogP contribution in [0.4, 0.5) is 17.2 Å². The van der Waals surface area contributed by atoms with Gasteiger partial charge in [0.15, 0.2) is 0 Å². The predicted octanol–water partition coefficient (Wildman–Crippen LogP) is 4.06. The maximum Gasteiger partial charge on any atom is 0.138 e. The SMILES string of the molecule is CC(C)c1c(Cl)ncnc1Nc1ccc(N(C)C)cc1.